The lowest BCUT2D eigenvalue weighted by molar-refractivity contribution is -0.119. The number of nitrogens with one attached hydrogen (secondary N) is 2. The predicted octanol–water partition coefficient (Wildman–Crippen LogP) is 3.35. The van der Waals surface area contributed by atoms with Crippen LogP contribution < -0.4 is 10.6 Å². The van der Waals surface area contributed by atoms with E-state index in [2.05, 4.69) is 24.5 Å². The van der Waals surface area contributed by atoms with Crippen molar-refractivity contribution in [2.75, 3.05) is 0 Å². The van der Waals surface area contributed by atoms with Crippen LogP contribution in [-0.2, 0) is 11.3 Å². The zero-order valence-electron chi connectivity index (χ0n) is 14.6. The number of benzene rings is 1. The van der Waals surface area contributed by atoms with Crippen molar-refractivity contribution in [1.82, 2.24) is 10.6 Å². The first-order valence-electron chi connectivity index (χ1n) is 8.08. The molecule has 2 amide bonds. The number of rotatable bonds is 6. The van der Waals surface area contributed by atoms with Gasteiger partial charge in [0.1, 0.15) is 5.76 Å². The average molecular weight is 328 g/mol. The molecule has 5 nitrogen and oxygen atoms in total. The standard InChI is InChI=1S/C19H24N2O3/c1-12(2)18(16-8-6-5-7-13(16)3)21-19(23)17-10-9-15(24-17)11-20-14(4)22/h5-10,12,18H,11H2,1-4H3,(H,20,22)(H,21,23)/t18-/m0/s1. The molecule has 1 aromatic heterocycles. The fraction of sp³-hybridized carbons (Fsp3) is 0.368. The van der Waals surface area contributed by atoms with E-state index < -0.39 is 0 Å². The summed E-state index contributed by atoms with van der Waals surface area (Å²) in [7, 11) is 0. The Kier molecular flexibility index (Phi) is 5.79. The molecule has 0 saturated carbocycles. The number of hydrogen-bond donors (Lipinski definition) is 2. The Hall–Kier alpha value is -2.56. The van der Waals surface area contributed by atoms with Gasteiger partial charge in [0.25, 0.3) is 5.91 Å². The average Bonchev–Trinajstić information content (AvgIpc) is 3.00. The van der Waals surface area contributed by atoms with Crippen molar-refractivity contribution in [3.05, 3.63) is 59.0 Å². The normalized spacial score (nSPS) is 12.0. The summed E-state index contributed by atoms with van der Waals surface area (Å²) >= 11 is 0. The number of furan rings is 1. The minimum absolute atomic E-state index is 0.0948. The van der Waals surface area contributed by atoms with Gasteiger partial charge >= 0.3 is 0 Å². The molecule has 24 heavy (non-hydrogen) atoms. The molecule has 1 atom stereocenters. The van der Waals surface area contributed by atoms with E-state index in [1.165, 1.54) is 6.92 Å². The third-order valence-electron chi connectivity index (χ3n) is 3.87. The van der Waals surface area contributed by atoms with Crippen molar-refractivity contribution in [2.24, 2.45) is 5.92 Å². The molecule has 128 valence electrons. The zero-order valence-corrected chi connectivity index (χ0v) is 14.6. The van der Waals surface area contributed by atoms with Gasteiger partial charge in [-0.05, 0) is 36.1 Å². The highest BCUT2D eigenvalue weighted by molar-refractivity contribution is 5.91. The van der Waals surface area contributed by atoms with Gasteiger partial charge in [-0.15, -0.1) is 0 Å². The van der Waals surface area contributed by atoms with Gasteiger partial charge in [-0.25, -0.2) is 0 Å². The fourth-order valence-electron chi connectivity index (χ4n) is 2.56. The van der Waals surface area contributed by atoms with Crippen molar-refractivity contribution < 1.29 is 14.0 Å². The molecule has 0 aliphatic heterocycles. The fourth-order valence-corrected chi connectivity index (χ4v) is 2.56. The molecule has 0 fully saturated rings. The van der Waals surface area contributed by atoms with E-state index in [1.54, 1.807) is 12.1 Å². The lowest BCUT2D eigenvalue weighted by Gasteiger charge is -2.24. The van der Waals surface area contributed by atoms with Crippen LogP contribution in [-0.4, -0.2) is 11.8 Å². The summed E-state index contributed by atoms with van der Waals surface area (Å²) in [5.74, 6) is 0.633. The number of amides is 2. The van der Waals surface area contributed by atoms with Gasteiger partial charge in [-0.1, -0.05) is 38.1 Å². The van der Waals surface area contributed by atoms with Crippen LogP contribution in [0.1, 0.15) is 54.3 Å². The Labute approximate surface area is 142 Å². The van der Waals surface area contributed by atoms with Gasteiger partial charge in [-0.2, -0.15) is 0 Å². The first-order valence-corrected chi connectivity index (χ1v) is 8.08. The Morgan fingerprint density at radius 2 is 1.83 bits per heavy atom. The topological polar surface area (TPSA) is 71.3 Å². The van der Waals surface area contributed by atoms with E-state index in [1.807, 2.05) is 31.2 Å². The molecule has 5 heteroatoms. The van der Waals surface area contributed by atoms with Crippen LogP contribution in [0.25, 0.3) is 0 Å². The SMILES string of the molecule is CC(=O)NCc1ccc(C(=O)N[C@H](c2ccccc2C)C(C)C)o1. The molecule has 2 aromatic rings. The summed E-state index contributed by atoms with van der Waals surface area (Å²) in [6, 6.07) is 11.3. The Morgan fingerprint density at radius 3 is 2.46 bits per heavy atom. The monoisotopic (exact) mass is 328 g/mol. The van der Waals surface area contributed by atoms with Gasteiger partial charge in [0, 0.05) is 6.92 Å². The minimum Gasteiger partial charge on any atom is -0.454 e. The maximum absolute atomic E-state index is 12.5. The smallest absolute Gasteiger partial charge is 0.287 e. The second kappa shape index (κ2) is 7.81. The van der Waals surface area contributed by atoms with Gasteiger partial charge in [-0.3, -0.25) is 9.59 Å². The summed E-state index contributed by atoms with van der Waals surface area (Å²) < 4.78 is 5.52. The highest BCUT2D eigenvalue weighted by atomic mass is 16.4. The first kappa shape index (κ1) is 17.8. The minimum atomic E-state index is -0.258. The van der Waals surface area contributed by atoms with Crippen molar-refractivity contribution in [3.63, 3.8) is 0 Å². The molecular formula is C19H24N2O3. The molecule has 0 bridgehead atoms. The lowest BCUT2D eigenvalue weighted by atomic mass is 9.92. The van der Waals surface area contributed by atoms with Gasteiger partial charge < -0.3 is 15.1 Å². The maximum Gasteiger partial charge on any atom is 0.287 e. The van der Waals surface area contributed by atoms with Crippen LogP contribution >= 0.6 is 0 Å². The quantitative estimate of drug-likeness (QED) is 0.854. The third-order valence-corrected chi connectivity index (χ3v) is 3.87. The summed E-state index contributed by atoms with van der Waals surface area (Å²) in [6.07, 6.45) is 0. The molecule has 0 radical (unpaired) electrons. The molecule has 2 rings (SSSR count). The summed E-state index contributed by atoms with van der Waals surface area (Å²) in [5, 5.41) is 5.69. The zero-order chi connectivity index (χ0) is 17.7. The van der Waals surface area contributed by atoms with Crippen LogP contribution in [0.3, 0.4) is 0 Å². The summed E-state index contributed by atoms with van der Waals surface area (Å²) in [5.41, 5.74) is 2.24. The van der Waals surface area contributed by atoms with Crippen LogP contribution in [0.4, 0.5) is 0 Å². The molecule has 2 N–H and O–H groups in total. The third kappa shape index (κ3) is 4.47. The molecule has 0 aliphatic carbocycles. The number of aryl methyl sites for hydroxylation is 1. The largest absolute Gasteiger partial charge is 0.454 e. The van der Waals surface area contributed by atoms with Crippen molar-refractivity contribution in [1.29, 1.82) is 0 Å². The molecular weight excluding hydrogens is 304 g/mol. The van der Waals surface area contributed by atoms with Gasteiger partial charge in [0.2, 0.25) is 5.91 Å². The molecule has 0 unspecified atom stereocenters. The molecule has 1 aromatic carbocycles. The second-order valence-corrected chi connectivity index (χ2v) is 6.23. The summed E-state index contributed by atoms with van der Waals surface area (Å²) in [4.78, 5) is 23.4. The van der Waals surface area contributed by atoms with Gasteiger partial charge in [0.15, 0.2) is 5.76 Å². The van der Waals surface area contributed by atoms with Crippen molar-refractivity contribution >= 4 is 11.8 Å². The summed E-state index contributed by atoms with van der Waals surface area (Å²) in [6.45, 7) is 7.89. The van der Waals surface area contributed by atoms with E-state index in [0.717, 1.165) is 11.1 Å². The van der Waals surface area contributed by atoms with Crippen molar-refractivity contribution in [3.8, 4) is 0 Å². The number of hydrogen-bond acceptors (Lipinski definition) is 3. The van der Waals surface area contributed by atoms with E-state index in [-0.39, 0.29) is 36.1 Å². The lowest BCUT2D eigenvalue weighted by Crippen LogP contribution is -2.32. The Bertz CT molecular complexity index is 719. The molecule has 1 heterocycles. The Morgan fingerprint density at radius 1 is 1.12 bits per heavy atom. The molecule has 0 aliphatic rings. The Balaban J connectivity index is 2.11. The van der Waals surface area contributed by atoms with E-state index >= 15 is 0 Å². The predicted molar refractivity (Wildman–Crippen MR) is 92.5 cm³/mol. The van der Waals surface area contributed by atoms with E-state index in [9.17, 15) is 9.59 Å². The maximum atomic E-state index is 12.5. The van der Waals surface area contributed by atoms with Crippen molar-refractivity contribution in [2.45, 2.75) is 40.3 Å². The van der Waals surface area contributed by atoms with E-state index in [4.69, 9.17) is 4.42 Å². The highest BCUT2D eigenvalue weighted by Crippen LogP contribution is 2.25. The van der Waals surface area contributed by atoms with E-state index in [0.29, 0.717) is 5.76 Å². The number of carbonyl (C=O) groups excluding carboxylic acids is 2. The van der Waals surface area contributed by atoms with Gasteiger partial charge in [0.05, 0.1) is 12.6 Å². The molecule has 0 saturated heterocycles. The van der Waals surface area contributed by atoms with Crippen LogP contribution in [0.2, 0.25) is 0 Å². The van der Waals surface area contributed by atoms with Crippen LogP contribution in [0.5, 0.6) is 0 Å². The van der Waals surface area contributed by atoms with Crippen LogP contribution in [0.15, 0.2) is 40.8 Å². The number of carbonyl (C=O) groups is 2. The first-order chi connectivity index (χ1) is 11.4. The molecule has 0 spiro atoms. The second-order valence-electron chi connectivity index (χ2n) is 6.23. The highest BCUT2D eigenvalue weighted by Gasteiger charge is 2.22. The van der Waals surface area contributed by atoms with Crippen LogP contribution in [0, 0.1) is 12.8 Å².